The lowest BCUT2D eigenvalue weighted by molar-refractivity contribution is -0.120. The quantitative estimate of drug-likeness (QED) is 0.652. The molecular weight excluding hydrogens is 390 g/mol. The Morgan fingerprint density at radius 1 is 0.903 bits per heavy atom. The largest absolute Gasteiger partial charge is 0.454 e. The zero-order valence-electron chi connectivity index (χ0n) is 17.3. The predicted molar refractivity (Wildman–Crippen MR) is 117 cm³/mol. The predicted octanol–water partition coefficient (Wildman–Crippen LogP) is 4.33. The van der Waals surface area contributed by atoms with Crippen LogP contribution in [0.4, 0.5) is 0 Å². The number of hydrogen-bond donors (Lipinski definition) is 1. The number of rotatable bonds is 6. The zero-order valence-corrected chi connectivity index (χ0v) is 17.3. The first kappa shape index (κ1) is 19.4. The SMILES string of the molecule is Cc1ccc(-c2ccc(C(N)=O)cc2)cc1CC(=O)C1(c2ccc3c(c2)OCO3)CC1. The number of ether oxygens (including phenoxy) is 2. The van der Waals surface area contributed by atoms with Crippen molar-refractivity contribution < 1.29 is 19.1 Å². The van der Waals surface area contributed by atoms with Crippen LogP contribution in [0.5, 0.6) is 11.5 Å². The molecule has 1 fully saturated rings. The molecule has 0 saturated heterocycles. The van der Waals surface area contributed by atoms with Gasteiger partial charge in [-0.05, 0) is 71.8 Å². The van der Waals surface area contributed by atoms with Gasteiger partial charge in [-0.25, -0.2) is 0 Å². The molecule has 3 aromatic rings. The van der Waals surface area contributed by atoms with Crippen molar-refractivity contribution in [3.05, 3.63) is 82.9 Å². The van der Waals surface area contributed by atoms with Crippen LogP contribution in [0.3, 0.4) is 0 Å². The topological polar surface area (TPSA) is 78.6 Å². The van der Waals surface area contributed by atoms with Crippen LogP contribution in [0, 0.1) is 6.92 Å². The fourth-order valence-electron chi connectivity index (χ4n) is 4.26. The van der Waals surface area contributed by atoms with Gasteiger partial charge in [0.2, 0.25) is 12.7 Å². The Labute approximate surface area is 180 Å². The van der Waals surface area contributed by atoms with E-state index in [2.05, 4.69) is 6.07 Å². The van der Waals surface area contributed by atoms with Crippen LogP contribution in [0.15, 0.2) is 60.7 Å². The number of benzene rings is 3. The summed E-state index contributed by atoms with van der Waals surface area (Å²) < 4.78 is 10.9. The fourth-order valence-corrected chi connectivity index (χ4v) is 4.26. The minimum absolute atomic E-state index is 0.228. The summed E-state index contributed by atoms with van der Waals surface area (Å²) in [5, 5.41) is 0. The Morgan fingerprint density at radius 2 is 1.61 bits per heavy atom. The van der Waals surface area contributed by atoms with Gasteiger partial charge in [0, 0.05) is 12.0 Å². The minimum Gasteiger partial charge on any atom is -0.454 e. The third kappa shape index (κ3) is 3.46. The zero-order chi connectivity index (χ0) is 21.6. The maximum absolute atomic E-state index is 13.4. The van der Waals surface area contributed by atoms with Crippen molar-refractivity contribution in [2.24, 2.45) is 5.73 Å². The van der Waals surface area contributed by atoms with Gasteiger partial charge < -0.3 is 15.2 Å². The minimum atomic E-state index is -0.444. The van der Waals surface area contributed by atoms with Crippen molar-refractivity contribution in [2.75, 3.05) is 6.79 Å². The Balaban J connectivity index is 1.40. The van der Waals surface area contributed by atoms with Crippen LogP contribution in [-0.2, 0) is 16.6 Å². The number of Topliss-reactive ketones (excluding diaryl/α,β-unsaturated/α-hetero) is 1. The van der Waals surface area contributed by atoms with Gasteiger partial charge in [0.05, 0.1) is 5.41 Å². The molecule has 1 amide bonds. The van der Waals surface area contributed by atoms with Crippen molar-refractivity contribution in [1.29, 1.82) is 0 Å². The van der Waals surface area contributed by atoms with E-state index in [1.165, 1.54) is 0 Å². The lowest BCUT2D eigenvalue weighted by Crippen LogP contribution is -2.22. The van der Waals surface area contributed by atoms with E-state index in [1.54, 1.807) is 12.1 Å². The molecule has 156 valence electrons. The van der Waals surface area contributed by atoms with E-state index >= 15 is 0 Å². The Hall–Kier alpha value is -3.60. The first-order valence-corrected chi connectivity index (χ1v) is 10.4. The molecule has 0 spiro atoms. The van der Waals surface area contributed by atoms with E-state index in [0.29, 0.717) is 17.7 Å². The highest BCUT2D eigenvalue weighted by Gasteiger charge is 2.50. The second-order valence-electron chi connectivity index (χ2n) is 8.33. The summed E-state index contributed by atoms with van der Waals surface area (Å²) in [5.74, 6) is 1.24. The summed E-state index contributed by atoms with van der Waals surface area (Å²) in [5.41, 5.74) is 10.5. The summed E-state index contributed by atoms with van der Waals surface area (Å²) in [4.78, 5) is 24.7. The number of fused-ring (bicyclic) bond motifs is 1. The number of primary amides is 1. The standard InChI is InChI=1S/C26H23NO4/c1-16-2-3-19(17-4-6-18(7-5-17)25(27)29)12-20(16)13-24(28)26(10-11-26)21-8-9-22-23(14-21)31-15-30-22/h2-9,12,14H,10-11,13,15H2,1H3,(H2,27,29). The number of amides is 1. The molecule has 5 heteroatoms. The van der Waals surface area contributed by atoms with Gasteiger partial charge in [-0.1, -0.05) is 36.4 Å². The van der Waals surface area contributed by atoms with E-state index < -0.39 is 11.3 Å². The first-order chi connectivity index (χ1) is 15.0. The van der Waals surface area contributed by atoms with E-state index in [-0.39, 0.29) is 12.6 Å². The van der Waals surface area contributed by atoms with Crippen molar-refractivity contribution >= 4 is 11.7 Å². The van der Waals surface area contributed by atoms with Crippen molar-refractivity contribution in [1.82, 2.24) is 0 Å². The highest BCUT2D eigenvalue weighted by atomic mass is 16.7. The van der Waals surface area contributed by atoms with Gasteiger partial charge in [-0.15, -0.1) is 0 Å². The number of carbonyl (C=O) groups is 2. The second-order valence-corrected chi connectivity index (χ2v) is 8.33. The molecule has 2 aliphatic rings. The molecule has 31 heavy (non-hydrogen) atoms. The summed E-state index contributed by atoms with van der Waals surface area (Å²) in [6.45, 7) is 2.26. The van der Waals surface area contributed by atoms with Crippen LogP contribution in [0.25, 0.3) is 11.1 Å². The Kier molecular flexibility index (Phi) is 4.54. The molecule has 0 bridgehead atoms. The maximum atomic E-state index is 13.4. The van der Waals surface area contributed by atoms with Gasteiger partial charge in [-0.2, -0.15) is 0 Å². The first-order valence-electron chi connectivity index (χ1n) is 10.4. The molecule has 0 aromatic heterocycles. The van der Waals surface area contributed by atoms with E-state index in [4.69, 9.17) is 15.2 Å². The Bertz CT molecular complexity index is 1190. The fraction of sp³-hybridized carbons (Fsp3) is 0.231. The third-order valence-electron chi connectivity index (χ3n) is 6.41. The summed E-state index contributed by atoms with van der Waals surface area (Å²) in [7, 11) is 0. The van der Waals surface area contributed by atoms with E-state index in [0.717, 1.165) is 46.4 Å². The third-order valence-corrected chi connectivity index (χ3v) is 6.41. The average Bonchev–Trinajstić information content (AvgIpc) is 3.46. The molecule has 0 atom stereocenters. The molecule has 1 saturated carbocycles. The van der Waals surface area contributed by atoms with E-state index in [9.17, 15) is 9.59 Å². The molecular formula is C26H23NO4. The molecule has 2 N–H and O–H groups in total. The molecule has 5 rings (SSSR count). The number of aryl methyl sites for hydroxylation is 1. The van der Waals surface area contributed by atoms with Crippen molar-refractivity contribution in [2.45, 2.75) is 31.6 Å². The summed E-state index contributed by atoms with van der Waals surface area (Å²) in [6.07, 6.45) is 2.10. The van der Waals surface area contributed by atoms with Crippen LogP contribution >= 0.6 is 0 Å². The molecule has 1 heterocycles. The molecule has 3 aromatic carbocycles. The number of ketones is 1. The van der Waals surface area contributed by atoms with Gasteiger partial charge >= 0.3 is 0 Å². The summed E-state index contributed by atoms with van der Waals surface area (Å²) >= 11 is 0. The van der Waals surface area contributed by atoms with Crippen LogP contribution in [0.1, 0.15) is 39.9 Å². The van der Waals surface area contributed by atoms with Crippen LogP contribution in [0.2, 0.25) is 0 Å². The van der Waals surface area contributed by atoms with Gasteiger partial charge in [0.1, 0.15) is 5.78 Å². The lowest BCUT2D eigenvalue weighted by atomic mass is 9.86. The lowest BCUT2D eigenvalue weighted by Gasteiger charge is -2.17. The van der Waals surface area contributed by atoms with Crippen molar-refractivity contribution in [3.8, 4) is 22.6 Å². The highest BCUT2D eigenvalue weighted by Crippen LogP contribution is 2.51. The smallest absolute Gasteiger partial charge is 0.248 e. The Morgan fingerprint density at radius 3 is 2.32 bits per heavy atom. The maximum Gasteiger partial charge on any atom is 0.248 e. The summed E-state index contributed by atoms with van der Waals surface area (Å²) in [6, 6.07) is 19.2. The molecule has 0 unspecified atom stereocenters. The number of carbonyl (C=O) groups excluding carboxylic acids is 2. The number of nitrogens with two attached hydrogens (primary N) is 1. The monoisotopic (exact) mass is 413 g/mol. The average molecular weight is 413 g/mol. The second kappa shape index (κ2) is 7.27. The normalized spacial score (nSPS) is 15.5. The van der Waals surface area contributed by atoms with Gasteiger partial charge in [0.25, 0.3) is 0 Å². The molecule has 5 nitrogen and oxygen atoms in total. The van der Waals surface area contributed by atoms with Crippen LogP contribution < -0.4 is 15.2 Å². The van der Waals surface area contributed by atoms with Gasteiger partial charge in [0.15, 0.2) is 11.5 Å². The molecule has 1 aliphatic carbocycles. The number of hydrogen-bond acceptors (Lipinski definition) is 4. The van der Waals surface area contributed by atoms with E-state index in [1.807, 2.05) is 49.4 Å². The molecule has 1 aliphatic heterocycles. The van der Waals surface area contributed by atoms with Crippen LogP contribution in [-0.4, -0.2) is 18.5 Å². The van der Waals surface area contributed by atoms with Gasteiger partial charge in [-0.3, -0.25) is 9.59 Å². The van der Waals surface area contributed by atoms with Crippen molar-refractivity contribution in [3.63, 3.8) is 0 Å². The molecule has 0 radical (unpaired) electrons. The highest BCUT2D eigenvalue weighted by molar-refractivity contribution is 5.95.